The van der Waals surface area contributed by atoms with Crippen LogP contribution in [0, 0.1) is 6.92 Å². The molecule has 124 valence electrons. The minimum Gasteiger partial charge on any atom is -0.370 e. The highest BCUT2D eigenvalue weighted by Gasteiger charge is 2.16. The first-order valence-corrected chi connectivity index (χ1v) is 8.46. The third-order valence-corrected chi connectivity index (χ3v) is 4.59. The van der Waals surface area contributed by atoms with Gasteiger partial charge in [0.25, 0.3) is 0 Å². The molecule has 4 heterocycles. The van der Waals surface area contributed by atoms with E-state index in [1.807, 2.05) is 19.3 Å². The lowest BCUT2D eigenvalue weighted by atomic mass is 10.2. The Morgan fingerprint density at radius 3 is 2.92 bits per heavy atom. The van der Waals surface area contributed by atoms with Crippen LogP contribution in [0.2, 0.25) is 0 Å². The van der Waals surface area contributed by atoms with Crippen LogP contribution in [0.1, 0.15) is 17.7 Å². The van der Waals surface area contributed by atoms with Gasteiger partial charge in [-0.2, -0.15) is 5.10 Å². The second-order valence-electron chi connectivity index (χ2n) is 6.37. The van der Waals surface area contributed by atoms with E-state index in [-0.39, 0.29) is 0 Å². The second-order valence-corrected chi connectivity index (χ2v) is 6.37. The first-order valence-electron chi connectivity index (χ1n) is 8.46. The van der Waals surface area contributed by atoms with E-state index < -0.39 is 0 Å². The monoisotopic (exact) mass is 322 g/mol. The number of nitrogens with zero attached hydrogens (tertiary/aromatic N) is 6. The smallest absolute Gasteiger partial charge is 0.155 e. The Bertz CT molecular complexity index is 827. The lowest BCUT2D eigenvalue weighted by Crippen LogP contribution is -2.30. The molecular formula is C18H22N6. The van der Waals surface area contributed by atoms with E-state index in [4.69, 9.17) is 0 Å². The maximum atomic E-state index is 4.30. The minimum atomic E-state index is 0.913. The van der Waals surface area contributed by atoms with E-state index in [9.17, 15) is 0 Å². The summed E-state index contributed by atoms with van der Waals surface area (Å²) in [5.74, 6) is 0. The summed E-state index contributed by atoms with van der Waals surface area (Å²) in [6.07, 6.45) is 6.66. The lowest BCUT2D eigenvalue weighted by Gasteiger charge is -2.23. The summed E-state index contributed by atoms with van der Waals surface area (Å²) < 4.78 is 1.80. The number of aromatic nitrogens is 4. The van der Waals surface area contributed by atoms with Gasteiger partial charge in [-0.1, -0.05) is 0 Å². The molecule has 0 aromatic carbocycles. The van der Waals surface area contributed by atoms with E-state index in [0.29, 0.717) is 0 Å². The van der Waals surface area contributed by atoms with Gasteiger partial charge in [-0.15, -0.1) is 0 Å². The van der Waals surface area contributed by atoms with Gasteiger partial charge in [0.1, 0.15) is 6.33 Å². The molecule has 3 aromatic rings. The van der Waals surface area contributed by atoms with Crippen molar-refractivity contribution in [3.05, 3.63) is 54.2 Å². The second kappa shape index (κ2) is 6.57. The SMILES string of the molecule is Cc1cc(N2CCCN(Cc3ccn4ncnc4c3)CC2)ccn1. The topological polar surface area (TPSA) is 49.6 Å². The average Bonchev–Trinajstić information content (AvgIpc) is 2.93. The van der Waals surface area contributed by atoms with Crippen LogP contribution >= 0.6 is 0 Å². The van der Waals surface area contributed by atoms with Gasteiger partial charge in [0.15, 0.2) is 5.65 Å². The third-order valence-electron chi connectivity index (χ3n) is 4.59. The van der Waals surface area contributed by atoms with Gasteiger partial charge in [0.2, 0.25) is 0 Å². The maximum absolute atomic E-state index is 4.30. The fourth-order valence-electron chi connectivity index (χ4n) is 3.33. The molecule has 6 heteroatoms. The number of fused-ring (bicyclic) bond motifs is 1. The number of hydrogen-bond acceptors (Lipinski definition) is 5. The summed E-state index contributed by atoms with van der Waals surface area (Å²) in [7, 11) is 0. The molecule has 4 rings (SSSR count). The van der Waals surface area contributed by atoms with Crippen LogP contribution in [0.25, 0.3) is 5.65 Å². The zero-order valence-corrected chi connectivity index (χ0v) is 14.0. The third kappa shape index (κ3) is 3.23. The van der Waals surface area contributed by atoms with E-state index in [1.54, 1.807) is 10.8 Å². The first-order chi connectivity index (χ1) is 11.8. The number of hydrogen-bond donors (Lipinski definition) is 0. The van der Waals surface area contributed by atoms with Crippen molar-refractivity contribution in [2.45, 2.75) is 19.9 Å². The molecule has 0 atom stereocenters. The highest BCUT2D eigenvalue weighted by Crippen LogP contribution is 2.18. The van der Waals surface area contributed by atoms with Gasteiger partial charge >= 0.3 is 0 Å². The quantitative estimate of drug-likeness (QED) is 0.739. The molecule has 0 spiro atoms. The minimum absolute atomic E-state index is 0.913. The van der Waals surface area contributed by atoms with Crippen molar-refractivity contribution in [3.8, 4) is 0 Å². The Labute approximate surface area is 141 Å². The molecule has 1 saturated heterocycles. The van der Waals surface area contributed by atoms with Crippen molar-refractivity contribution in [3.63, 3.8) is 0 Å². The fraction of sp³-hybridized carbons (Fsp3) is 0.389. The Kier molecular flexibility index (Phi) is 4.13. The zero-order valence-electron chi connectivity index (χ0n) is 14.0. The molecule has 1 aliphatic rings. The molecule has 0 amide bonds. The van der Waals surface area contributed by atoms with Crippen molar-refractivity contribution < 1.29 is 0 Å². The highest BCUT2D eigenvalue weighted by molar-refractivity contribution is 5.46. The fourth-order valence-corrected chi connectivity index (χ4v) is 3.33. The molecule has 0 unspecified atom stereocenters. The van der Waals surface area contributed by atoms with Crippen LogP contribution in [0.4, 0.5) is 5.69 Å². The highest BCUT2D eigenvalue weighted by atomic mass is 15.3. The maximum Gasteiger partial charge on any atom is 0.155 e. The van der Waals surface area contributed by atoms with Crippen molar-refractivity contribution >= 4 is 11.3 Å². The summed E-state index contributed by atoms with van der Waals surface area (Å²) in [5, 5.41) is 4.15. The molecule has 6 nitrogen and oxygen atoms in total. The first kappa shape index (κ1) is 15.1. The normalized spacial score (nSPS) is 16.5. The Morgan fingerprint density at radius 2 is 2.00 bits per heavy atom. The van der Waals surface area contributed by atoms with Crippen LogP contribution in [-0.4, -0.2) is 50.7 Å². The van der Waals surface area contributed by atoms with Gasteiger partial charge in [0.05, 0.1) is 0 Å². The Balaban J connectivity index is 1.42. The van der Waals surface area contributed by atoms with Gasteiger partial charge in [-0.05, 0) is 43.2 Å². The van der Waals surface area contributed by atoms with Crippen LogP contribution in [0.3, 0.4) is 0 Å². The summed E-state index contributed by atoms with van der Waals surface area (Å²) in [5.41, 5.74) is 4.57. The van der Waals surface area contributed by atoms with Crippen LogP contribution < -0.4 is 4.90 Å². The van der Waals surface area contributed by atoms with Gasteiger partial charge in [-0.25, -0.2) is 9.50 Å². The zero-order chi connectivity index (χ0) is 16.4. The largest absolute Gasteiger partial charge is 0.370 e. The molecule has 0 saturated carbocycles. The molecule has 0 bridgehead atoms. The van der Waals surface area contributed by atoms with Crippen LogP contribution in [-0.2, 0) is 6.54 Å². The molecule has 1 aliphatic heterocycles. The van der Waals surface area contributed by atoms with Gasteiger partial charge in [-0.3, -0.25) is 9.88 Å². The summed E-state index contributed by atoms with van der Waals surface area (Å²) >= 11 is 0. The average molecular weight is 322 g/mol. The van der Waals surface area contributed by atoms with Crippen LogP contribution in [0.15, 0.2) is 43.0 Å². The molecule has 0 N–H and O–H groups in total. The molecule has 24 heavy (non-hydrogen) atoms. The molecule has 1 fully saturated rings. The van der Waals surface area contributed by atoms with Gasteiger partial charge in [0, 0.05) is 56.5 Å². The molecule has 3 aromatic heterocycles. The Morgan fingerprint density at radius 1 is 1.04 bits per heavy atom. The summed E-state index contributed by atoms with van der Waals surface area (Å²) in [4.78, 5) is 13.6. The van der Waals surface area contributed by atoms with Crippen LogP contribution in [0.5, 0.6) is 0 Å². The standard InChI is InChI=1S/C18H22N6/c1-15-11-17(3-5-19-15)23-7-2-6-22(9-10-23)13-16-4-8-24-18(12-16)20-14-21-24/h3-5,8,11-12,14H,2,6-7,9-10,13H2,1H3. The predicted molar refractivity (Wildman–Crippen MR) is 94.1 cm³/mol. The number of anilines is 1. The van der Waals surface area contributed by atoms with E-state index >= 15 is 0 Å². The van der Waals surface area contributed by atoms with Gasteiger partial charge < -0.3 is 4.90 Å². The van der Waals surface area contributed by atoms with Crippen molar-refractivity contribution in [1.82, 2.24) is 24.5 Å². The molecular weight excluding hydrogens is 300 g/mol. The number of aryl methyl sites for hydroxylation is 1. The van der Waals surface area contributed by atoms with Crippen molar-refractivity contribution in [1.29, 1.82) is 0 Å². The van der Waals surface area contributed by atoms with Crippen molar-refractivity contribution in [2.75, 3.05) is 31.1 Å². The molecule has 0 radical (unpaired) electrons. The Hall–Kier alpha value is -2.47. The summed E-state index contributed by atoms with van der Waals surface area (Å²) in [6, 6.07) is 8.55. The number of pyridine rings is 2. The number of rotatable bonds is 3. The van der Waals surface area contributed by atoms with E-state index in [0.717, 1.165) is 44.1 Å². The molecule has 0 aliphatic carbocycles. The lowest BCUT2D eigenvalue weighted by molar-refractivity contribution is 0.285. The van der Waals surface area contributed by atoms with Crippen molar-refractivity contribution in [2.24, 2.45) is 0 Å². The van der Waals surface area contributed by atoms with E-state index in [1.165, 1.54) is 17.7 Å². The predicted octanol–water partition coefficient (Wildman–Crippen LogP) is 2.15. The summed E-state index contributed by atoms with van der Waals surface area (Å²) in [6.45, 7) is 7.36. The van der Waals surface area contributed by atoms with E-state index in [2.05, 4.69) is 49.1 Å².